The van der Waals surface area contributed by atoms with Crippen molar-refractivity contribution in [2.24, 2.45) is 4.99 Å². The molecule has 1 aromatic heterocycles. The van der Waals surface area contributed by atoms with Crippen molar-refractivity contribution < 1.29 is 33.3 Å². The van der Waals surface area contributed by atoms with E-state index < -0.39 is 18.0 Å². The highest BCUT2D eigenvalue weighted by molar-refractivity contribution is 9.10. The molecule has 10 nitrogen and oxygen atoms in total. The van der Waals surface area contributed by atoms with Crippen molar-refractivity contribution in [1.29, 1.82) is 0 Å². The van der Waals surface area contributed by atoms with Crippen LogP contribution in [-0.2, 0) is 14.3 Å². The van der Waals surface area contributed by atoms with Crippen LogP contribution in [0.5, 0.6) is 23.0 Å². The molecule has 5 rings (SSSR count). The lowest BCUT2D eigenvalue weighted by Gasteiger charge is -2.24. The summed E-state index contributed by atoms with van der Waals surface area (Å²) in [6.07, 6.45) is 1.69. The molecule has 0 radical (unpaired) electrons. The Hall–Kier alpha value is -3.90. The standard InChI is InChI=1S/C27H23BrN2O8S/c1-5-35-26(33)22-13(2)29-27-30(23(22)16-6-7-18-19(11-16)37-12-36-18)25(32)21(39-27)10-15-8-17(28)24(38-14(3)31)20(9-15)34-4/h6-11,23H,5,12H2,1-4H3/b21-10-/t23-/m1/s1. The highest BCUT2D eigenvalue weighted by atomic mass is 79.9. The number of ether oxygens (including phenoxy) is 5. The van der Waals surface area contributed by atoms with Crippen molar-refractivity contribution in [2.45, 2.75) is 26.8 Å². The van der Waals surface area contributed by atoms with E-state index in [1.165, 1.54) is 29.9 Å². The lowest BCUT2D eigenvalue weighted by atomic mass is 9.95. The minimum Gasteiger partial charge on any atom is -0.493 e. The Balaban J connectivity index is 1.68. The molecule has 0 amide bonds. The second kappa shape index (κ2) is 10.7. The summed E-state index contributed by atoms with van der Waals surface area (Å²) in [6, 6.07) is 7.89. The number of benzene rings is 2. The van der Waals surface area contributed by atoms with Gasteiger partial charge in [0.1, 0.15) is 0 Å². The van der Waals surface area contributed by atoms with Gasteiger partial charge < -0.3 is 23.7 Å². The minimum absolute atomic E-state index is 0.0937. The normalized spacial score (nSPS) is 16.0. The molecule has 1 atom stereocenters. The van der Waals surface area contributed by atoms with Crippen LogP contribution in [0.1, 0.15) is 37.9 Å². The number of halogens is 1. The number of hydrogen-bond donors (Lipinski definition) is 0. The molecule has 0 aliphatic carbocycles. The first-order valence-electron chi connectivity index (χ1n) is 11.9. The van der Waals surface area contributed by atoms with Gasteiger partial charge in [0.05, 0.1) is 40.0 Å². The first-order chi connectivity index (χ1) is 18.7. The Kier molecular flexibility index (Phi) is 7.32. The molecule has 0 bridgehead atoms. The average molecular weight is 615 g/mol. The van der Waals surface area contributed by atoms with Crippen LogP contribution in [-0.4, -0.2) is 37.0 Å². The number of carbonyl (C=O) groups is 2. The van der Waals surface area contributed by atoms with Crippen LogP contribution in [0.25, 0.3) is 6.08 Å². The van der Waals surface area contributed by atoms with Crippen molar-refractivity contribution >= 4 is 45.3 Å². The third kappa shape index (κ3) is 4.97. The summed E-state index contributed by atoms with van der Waals surface area (Å²) >= 11 is 4.60. The van der Waals surface area contributed by atoms with E-state index in [-0.39, 0.29) is 30.3 Å². The van der Waals surface area contributed by atoms with E-state index in [2.05, 4.69) is 20.9 Å². The maximum atomic E-state index is 13.9. The fraction of sp³-hybridized carbons (Fsp3) is 0.259. The quantitative estimate of drug-likeness (QED) is 0.307. The van der Waals surface area contributed by atoms with Gasteiger partial charge >= 0.3 is 11.9 Å². The fourth-order valence-electron chi connectivity index (χ4n) is 4.41. The van der Waals surface area contributed by atoms with Gasteiger partial charge in [-0.15, -0.1) is 0 Å². The second-order valence-corrected chi connectivity index (χ2v) is 10.4. The zero-order valence-electron chi connectivity index (χ0n) is 21.4. The number of rotatable bonds is 6. The number of methoxy groups -OCH3 is 1. The fourth-order valence-corrected chi connectivity index (χ4v) is 5.99. The van der Waals surface area contributed by atoms with Gasteiger partial charge in [-0.1, -0.05) is 17.4 Å². The Bertz CT molecular complexity index is 1720. The molecule has 0 saturated heterocycles. The van der Waals surface area contributed by atoms with Crippen LogP contribution in [0, 0.1) is 0 Å². The molecule has 0 spiro atoms. The minimum atomic E-state index is -0.787. The van der Waals surface area contributed by atoms with E-state index in [1.54, 1.807) is 50.3 Å². The predicted molar refractivity (Wildman–Crippen MR) is 145 cm³/mol. The zero-order valence-corrected chi connectivity index (χ0v) is 23.8. The number of allylic oxidation sites excluding steroid dienone is 1. The number of thiazole rings is 1. The van der Waals surface area contributed by atoms with Crippen LogP contribution in [0.3, 0.4) is 0 Å². The Labute approximate surface area is 234 Å². The number of nitrogens with zero attached hydrogens (tertiary/aromatic N) is 2. The first-order valence-corrected chi connectivity index (χ1v) is 13.5. The van der Waals surface area contributed by atoms with E-state index in [4.69, 9.17) is 23.7 Å². The molecule has 3 aromatic rings. The molecule has 2 aromatic carbocycles. The van der Waals surface area contributed by atoms with Crippen molar-refractivity contribution in [3.8, 4) is 23.0 Å². The predicted octanol–water partition coefficient (Wildman–Crippen LogP) is 3.22. The molecule has 0 unspecified atom stereocenters. The Morgan fingerprint density at radius 3 is 2.72 bits per heavy atom. The molecular weight excluding hydrogens is 592 g/mol. The summed E-state index contributed by atoms with van der Waals surface area (Å²) in [5.74, 6) is 0.619. The third-order valence-electron chi connectivity index (χ3n) is 6.02. The number of hydrogen-bond acceptors (Lipinski definition) is 10. The molecule has 2 aliphatic heterocycles. The van der Waals surface area contributed by atoms with Crippen LogP contribution < -0.4 is 33.8 Å². The molecule has 0 fully saturated rings. The molecule has 2 aliphatic rings. The van der Waals surface area contributed by atoms with Gasteiger partial charge in [0.2, 0.25) is 6.79 Å². The Morgan fingerprint density at radius 2 is 2.00 bits per heavy atom. The number of fused-ring (bicyclic) bond motifs is 2. The molecule has 202 valence electrons. The van der Waals surface area contributed by atoms with Crippen molar-refractivity contribution in [2.75, 3.05) is 20.5 Å². The van der Waals surface area contributed by atoms with Crippen LogP contribution >= 0.6 is 27.3 Å². The first kappa shape index (κ1) is 26.7. The van der Waals surface area contributed by atoms with Gasteiger partial charge in [0, 0.05) is 6.92 Å². The van der Waals surface area contributed by atoms with Crippen molar-refractivity contribution in [3.05, 3.63) is 76.9 Å². The van der Waals surface area contributed by atoms with Gasteiger partial charge in [0.25, 0.3) is 5.56 Å². The molecule has 0 saturated carbocycles. The lowest BCUT2D eigenvalue weighted by Crippen LogP contribution is -2.39. The average Bonchev–Trinajstić information content (AvgIpc) is 3.48. The third-order valence-corrected chi connectivity index (χ3v) is 7.60. The monoisotopic (exact) mass is 614 g/mol. The number of carbonyl (C=O) groups excluding carboxylic acids is 2. The smallest absolute Gasteiger partial charge is 0.338 e. The summed E-state index contributed by atoms with van der Waals surface area (Å²) in [5, 5.41) is 0. The topological polar surface area (TPSA) is 115 Å². The highest BCUT2D eigenvalue weighted by Gasteiger charge is 2.34. The SMILES string of the molecule is CCOC(=O)C1=C(C)N=c2s/c(=C\c3cc(Br)c(OC(C)=O)c(OC)c3)c(=O)n2[C@@H]1c1ccc2c(c1)OCO2. The number of esters is 2. The molecular formula is C27H23BrN2O8S. The molecule has 3 heterocycles. The van der Waals surface area contributed by atoms with Crippen LogP contribution in [0.4, 0.5) is 0 Å². The maximum absolute atomic E-state index is 13.9. The van der Waals surface area contributed by atoms with Crippen LogP contribution in [0.15, 0.2) is 55.9 Å². The van der Waals surface area contributed by atoms with E-state index in [0.29, 0.717) is 47.9 Å². The number of aromatic nitrogens is 1. The second-order valence-electron chi connectivity index (χ2n) is 8.54. The van der Waals surface area contributed by atoms with E-state index in [0.717, 1.165) is 0 Å². The van der Waals surface area contributed by atoms with Gasteiger partial charge in [-0.25, -0.2) is 9.79 Å². The summed E-state index contributed by atoms with van der Waals surface area (Å²) in [6.45, 7) is 5.00. The highest BCUT2D eigenvalue weighted by Crippen LogP contribution is 2.39. The zero-order chi connectivity index (χ0) is 27.8. The van der Waals surface area contributed by atoms with Crippen molar-refractivity contribution in [3.63, 3.8) is 0 Å². The van der Waals surface area contributed by atoms with E-state index in [9.17, 15) is 14.4 Å². The van der Waals surface area contributed by atoms with Gasteiger partial charge in [0.15, 0.2) is 27.8 Å². The maximum Gasteiger partial charge on any atom is 0.338 e. The van der Waals surface area contributed by atoms with Gasteiger partial charge in [-0.2, -0.15) is 0 Å². The molecule has 39 heavy (non-hydrogen) atoms. The van der Waals surface area contributed by atoms with Gasteiger partial charge in [-0.05, 0) is 71.2 Å². The summed E-state index contributed by atoms with van der Waals surface area (Å²) in [5.41, 5.74) is 1.67. The summed E-state index contributed by atoms with van der Waals surface area (Å²) < 4.78 is 29.3. The van der Waals surface area contributed by atoms with Gasteiger partial charge in [-0.3, -0.25) is 14.2 Å². The molecule has 0 N–H and O–H groups in total. The molecule has 12 heteroatoms. The Morgan fingerprint density at radius 1 is 1.23 bits per heavy atom. The lowest BCUT2D eigenvalue weighted by molar-refractivity contribution is -0.139. The van der Waals surface area contributed by atoms with Crippen molar-refractivity contribution in [1.82, 2.24) is 4.57 Å². The largest absolute Gasteiger partial charge is 0.493 e. The van der Waals surface area contributed by atoms with Crippen LogP contribution in [0.2, 0.25) is 0 Å². The summed E-state index contributed by atoms with van der Waals surface area (Å²) in [7, 11) is 1.46. The van der Waals surface area contributed by atoms with E-state index >= 15 is 0 Å². The van der Waals surface area contributed by atoms with E-state index in [1.807, 2.05) is 0 Å². The summed E-state index contributed by atoms with van der Waals surface area (Å²) in [4.78, 5) is 43.5.